The summed E-state index contributed by atoms with van der Waals surface area (Å²) in [5, 5.41) is 9.16. The van der Waals surface area contributed by atoms with E-state index in [-0.39, 0.29) is 11.2 Å². The van der Waals surface area contributed by atoms with Gasteiger partial charge in [0, 0.05) is 12.5 Å². The third kappa shape index (κ3) is 2.32. The zero-order valence-corrected chi connectivity index (χ0v) is 7.61. The van der Waals surface area contributed by atoms with E-state index in [1.807, 2.05) is 0 Å². The molecule has 0 saturated carbocycles. The van der Waals surface area contributed by atoms with Crippen molar-refractivity contribution in [3.05, 3.63) is 28.3 Å². The molecule has 4 heteroatoms. The van der Waals surface area contributed by atoms with E-state index in [1.165, 1.54) is 12.3 Å². The maximum Gasteiger partial charge on any atom is 0.227 e. The minimum Gasteiger partial charge on any atom is -0.465 e. The van der Waals surface area contributed by atoms with E-state index in [2.05, 4.69) is 0 Å². The highest BCUT2D eigenvalue weighted by molar-refractivity contribution is 5.23. The first kappa shape index (κ1) is 9.80. The molecule has 13 heavy (non-hydrogen) atoms. The van der Waals surface area contributed by atoms with Crippen molar-refractivity contribution in [2.24, 2.45) is 0 Å². The lowest BCUT2D eigenvalue weighted by Crippen LogP contribution is -2.19. The highest BCUT2D eigenvalue weighted by atomic mass is 16.6. The lowest BCUT2D eigenvalue weighted by atomic mass is 10.3. The Balaban J connectivity index is 2.93. The van der Waals surface area contributed by atoms with Gasteiger partial charge in [-0.1, -0.05) is 6.92 Å². The number of ether oxygens (including phenoxy) is 1. The molecule has 0 aliphatic heterocycles. The van der Waals surface area contributed by atoms with E-state index in [0.29, 0.717) is 12.2 Å². The lowest BCUT2D eigenvalue weighted by molar-refractivity contribution is -0.0219. The Morgan fingerprint density at radius 2 is 2.38 bits per heavy atom. The van der Waals surface area contributed by atoms with E-state index < -0.39 is 6.29 Å². The minimum absolute atomic E-state index is 0.0804. The van der Waals surface area contributed by atoms with Gasteiger partial charge >= 0.3 is 0 Å². The van der Waals surface area contributed by atoms with Crippen molar-refractivity contribution < 1.29 is 14.3 Å². The van der Waals surface area contributed by atoms with Crippen LogP contribution < -0.4 is 10.2 Å². The van der Waals surface area contributed by atoms with E-state index in [0.717, 1.165) is 0 Å². The molecule has 0 bridgehead atoms. The minimum atomic E-state index is -0.955. The quantitative estimate of drug-likeness (QED) is 0.713. The summed E-state index contributed by atoms with van der Waals surface area (Å²) in [5.74, 6) is 0.455. The summed E-state index contributed by atoms with van der Waals surface area (Å²) in [4.78, 5) is 11.2. The predicted octanol–water partition coefficient (Wildman–Crippen LogP) is 1.06. The molecule has 1 heterocycles. The number of aliphatic hydroxyl groups is 1. The van der Waals surface area contributed by atoms with Crippen LogP contribution in [0.3, 0.4) is 0 Å². The predicted molar refractivity (Wildman–Crippen MR) is 46.6 cm³/mol. The second kappa shape index (κ2) is 4.09. The van der Waals surface area contributed by atoms with Gasteiger partial charge in [-0.25, -0.2) is 0 Å². The Hall–Kier alpha value is -1.29. The summed E-state index contributed by atoms with van der Waals surface area (Å²) in [6.07, 6.45) is 0.764. The van der Waals surface area contributed by atoms with Crippen LogP contribution in [0.4, 0.5) is 0 Å². The van der Waals surface area contributed by atoms with E-state index >= 15 is 0 Å². The van der Waals surface area contributed by atoms with Gasteiger partial charge in [-0.2, -0.15) is 0 Å². The van der Waals surface area contributed by atoms with Crippen molar-refractivity contribution in [1.82, 2.24) is 0 Å². The standard InChI is InChI=1S/C9H12O4/c1-3-8(11)13-9-6(2)12-5-4-7(9)10/h4-5,8,11H,3H2,1-2H3. The van der Waals surface area contributed by atoms with Crippen LogP contribution in [0.2, 0.25) is 0 Å². The number of aryl methyl sites for hydroxylation is 1. The van der Waals surface area contributed by atoms with E-state index in [4.69, 9.17) is 14.3 Å². The fraction of sp³-hybridized carbons (Fsp3) is 0.444. The monoisotopic (exact) mass is 184 g/mol. The van der Waals surface area contributed by atoms with Gasteiger partial charge in [0.2, 0.25) is 11.2 Å². The molecule has 1 N–H and O–H groups in total. The number of hydrogen-bond donors (Lipinski definition) is 1. The first-order valence-electron chi connectivity index (χ1n) is 4.08. The summed E-state index contributed by atoms with van der Waals surface area (Å²) < 4.78 is 9.92. The molecule has 0 aliphatic rings. The Labute approximate surface area is 75.8 Å². The number of rotatable bonds is 3. The Kier molecular flexibility index (Phi) is 3.08. The van der Waals surface area contributed by atoms with E-state index in [9.17, 15) is 4.79 Å². The Morgan fingerprint density at radius 3 is 2.92 bits per heavy atom. The van der Waals surface area contributed by atoms with Crippen LogP contribution >= 0.6 is 0 Å². The highest BCUT2D eigenvalue weighted by Crippen LogP contribution is 2.12. The third-order valence-electron chi connectivity index (χ3n) is 1.61. The molecule has 0 aromatic carbocycles. The van der Waals surface area contributed by atoms with Crippen LogP contribution in [0.25, 0.3) is 0 Å². The molecule has 1 unspecified atom stereocenters. The van der Waals surface area contributed by atoms with Crippen LogP contribution in [0.1, 0.15) is 19.1 Å². The summed E-state index contributed by atoms with van der Waals surface area (Å²) >= 11 is 0. The fourth-order valence-corrected chi connectivity index (χ4v) is 0.861. The Morgan fingerprint density at radius 1 is 1.69 bits per heavy atom. The summed E-state index contributed by atoms with van der Waals surface area (Å²) in [6, 6.07) is 1.25. The smallest absolute Gasteiger partial charge is 0.227 e. The molecule has 1 aromatic rings. The summed E-state index contributed by atoms with van der Waals surface area (Å²) in [5.41, 5.74) is -0.281. The van der Waals surface area contributed by atoms with Gasteiger partial charge in [0.25, 0.3) is 0 Å². The maximum atomic E-state index is 11.2. The average molecular weight is 184 g/mol. The van der Waals surface area contributed by atoms with Gasteiger partial charge in [0.15, 0.2) is 6.29 Å². The van der Waals surface area contributed by atoms with Crippen LogP contribution in [-0.4, -0.2) is 11.4 Å². The molecular formula is C9H12O4. The maximum absolute atomic E-state index is 11.2. The molecule has 0 amide bonds. The largest absolute Gasteiger partial charge is 0.465 e. The van der Waals surface area contributed by atoms with Crippen LogP contribution in [0.5, 0.6) is 5.75 Å². The molecule has 0 fully saturated rings. The average Bonchev–Trinajstić information content (AvgIpc) is 2.11. The second-order valence-electron chi connectivity index (χ2n) is 2.65. The highest BCUT2D eigenvalue weighted by Gasteiger charge is 2.10. The molecule has 1 rings (SSSR count). The van der Waals surface area contributed by atoms with Gasteiger partial charge in [0.05, 0.1) is 6.26 Å². The van der Waals surface area contributed by atoms with Crippen molar-refractivity contribution in [1.29, 1.82) is 0 Å². The molecule has 0 spiro atoms. The zero-order valence-electron chi connectivity index (χ0n) is 7.61. The number of hydrogen-bond acceptors (Lipinski definition) is 4. The molecule has 0 saturated heterocycles. The first-order chi connectivity index (χ1) is 6.15. The third-order valence-corrected chi connectivity index (χ3v) is 1.61. The van der Waals surface area contributed by atoms with Gasteiger partial charge in [-0.3, -0.25) is 4.79 Å². The van der Waals surface area contributed by atoms with Crippen LogP contribution in [0.15, 0.2) is 21.5 Å². The number of aliphatic hydroxyl groups excluding tert-OH is 1. The van der Waals surface area contributed by atoms with Gasteiger partial charge in [-0.05, 0) is 6.92 Å². The normalized spacial score (nSPS) is 12.5. The summed E-state index contributed by atoms with van der Waals surface area (Å²) in [6.45, 7) is 3.36. The summed E-state index contributed by atoms with van der Waals surface area (Å²) in [7, 11) is 0. The topological polar surface area (TPSA) is 59.7 Å². The zero-order chi connectivity index (χ0) is 9.84. The molecule has 72 valence electrons. The SMILES string of the molecule is CCC(O)Oc1c(C)occc1=O. The molecule has 0 radical (unpaired) electrons. The van der Waals surface area contributed by atoms with E-state index in [1.54, 1.807) is 13.8 Å². The van der Waals surface area contributed by atoms with Crippen molar-refractivity contribution in [3.8, 4) is 5.75 Å². The molecule has 4 nitrogen and oxygen atoms in total. The lowest BCUT2D eigenvalue weighted by Gasteiger charge is -2.10. The van der Waals surface area contributed by atoms with Crippen molar-refractivity contribution in [3.63, 3.8) is 0 Å². The molecule has 0 aliphatic carbocycles. The Bertz CT molecular complexity index is 329. The van der Waals surface area contributed by atoms with Gasteiger partial charge in [-0.15, -0.1) is 0 Å². The van der Waals surface area contributed by atoms with Gasteiger partial charge < -0.3 is 14.3 Å². The molecule has 1 aromatic heterocycles. The fourth-order valence-electron chi connectivity index (χ4n) is 0.861. The second-order valence-corrected chi connectivity index (χ2v) is 2.65. The molecule has 1 atom stereocenters. The molecular weight excluding hydrogens is 172 g/mol. The van der Waals surface area contributed by atoms with Crippen molar-refractivity contribution >= 4 is 0 Å². The van der Waals surface area contributed by atoms with Crippen LogP contribution in [-0.2, 0) is 0 Å². The first-order valence-corrected chi connectivity index (χ1v) is 4.08. The van der Waals surface area contributed by atoms with Crippen LogP contribution in [0, 0.1) is 6.92 Å². The van der Waals surface area contributed by atoms with Crippen molar-refractivity contribution in [2.45, 2.75) is 26.6 Å². The van der Waals surface area contributed by atoms with Gasteiger partial charge in [0.1, 0.15) is 5.76 Å². The van der Waals surface area contributed by atoms with Crippen molar-refractivity contribution in [2.75, 3.05) is 0 Å².